The monoisotopic (exact) mass is 391 g/mol. The molecule has 3 rings (SSSR count). The Morgan fingerprint density at radius 1 is 1.14 bits per heavy atom. The molecule has 2 atom stereocenters. The Morgan fingerprint density at radius 2 is 1.93 bits per heavy atom. The summed E-state index contributed by atoms with van der Waals surface area (Å²) in [5.74, 6) is -0.342. The lowest BCUT2D eigenvalue weighted by atomic mass is 9.94. The van der Waals surface area contributed by atoms with Gasteiger partial charge < -0.3 is 15.8 Å². The minimum absolute atomic E-state index is 0.0486. The van der Waals surface area contributed by atoms with E-state index in [9.17, 15) is 4.79 Å². The van der Waals surface area contributed by atoms with Gasteiger partial charge in [-0.1, -0.05) is 37.3 Å². The zero-order chi connectivity index (χ0) is 20.6. The van der Waals surface area contributed by atoms with Crippen LogP contribution in [0.1, 0.15) is 43.7 Å². The van der Waals surface area contributed by atoms with E-state index in [0.29, 0.717) is 19.6 Å². The third kappa shape index (κ3) is 5.62. The van der Waals surface area contributed by atoms with Gasteiger partial charge in [0.2, 0.25) is 5.91 Å². The Bertz CT molecular complexity index is 940. The van der Waals surface area contributed by atoms with Crippen LogP contribution in [0, 0.1) is 0 Å². The van der Waals surface area contributed by atoms with Crippen molar-refractivity contribution in [3.05, 3.63) is 72.1 Å². The summed E-state index contributed by atoms with van der Waals surface area (Å²) in [6, 6.07) is 15.8. The molecule has 0 saturated heterocycles. The van der Waals surface area contributed by atoms with Gasteiger partial charge in [-0.05, 0) is 61.0 Å². The van der Waals surface area contributed by atoms with E-state index >= 15 is 0 Å². The van der Waals surface area contributed by atoms with Crippen LogP contribution in [0.5, 0.6) is 0 Å². The van der Waals surface area contributed by atoms with E-state index in [-0.39, 0.29) is 17.9 Å². The summed E-state index contributed by atoms with van der Waals surface area (Å²) in [7, 11) is 0. The van der Waals surface area contributed by atoms with Gasteiger partial charge in [0, 0.05) is 23.5 Å². The highest BCUT2D eigenvalue weighted by Gasteiger charge is 2.20. The van der Waals surface area contributed by atoms with Gasteiger partial charge in [0.25, 0.3) is 0 Å². The summed E-state index contributed by atoms with van der Waals surface area (Å²) >= 11 is 0. The van der Waals surface area contributed by atoms with Gasteiger partial charge in [-0.2, -0.15) is 0 Å². The van der Waals surface area contributed by atoms with Crippen molar-refractivity contribution in [2.75, 3.05) is 11.9 Å². The first kappa shape index (κ1) is 21.0. The van der Waals surface area contributed by atoms with Crippen molar-refractivity contribution in [2.45, 2.75) is 45.3 Å². The molecule has 0 aliphatic heterocycles. The molecular weight excluding hydrogens is 362 g/mol. The first-order valence-corrected chi connectivity index (χ1v) is 10.2. The van der Waals surface area contributed by atoms with Crippen LogP contribution in [0.2, 0.25) is 0 Å². The van der Waals surface area contributed by atoms with Gasteiger partial charge >= 0.3 is 0 Å². The third-order valence-corrected chi connectivity index (χ3v) is 5.17. The Balaban J connectivity index is 1.71. The van der Waals surface area contributed by atoms with Crippen molar-refractivity contribution in [1.82, 2.24) is 4.98 Å². The maximum Gasteiger partial charge on any atom is 0.231 e. The summed E-state index contributed by atoms with van der Waals surface area (Å²) in [6.45, 7) is 5.20. The van der Waals surface area contributed by atoms with E-state index in [1.807, 2.05) is 54.7 Å². The summed E-state index contributed by atoms with van der Waals surface area (Å²) in [5.41, 5.74) is 8.63. The predicted octanol–water partition coefficient (Wildman–Crippen LogP) is 4.62. The van der Waals surface area contributed by atoms with E-state index in [1.54, 1.807) is 6.20 Å². The maximum absolute atomic E-state index is 13.0. The highest BCUT2D eigenvalue weighted by Crippen LogP contribution is 2.24. The standard InChI is InChI=1S/C24H29N3O2/c1-3-17(2)29-16-18-4-6-19(7-5-18)23(10-12-25)24(28)27-22-9-8-21-15-26-13-11-20(21)14-22/h4-9,11,13-15,17,23H,3,10,12,16,25H2,1-2H3,(H,27,28)/t17?,23-/m1/s1. The molecule has 0 spiro atoms. The Hall–Kier alpha value is -2.76. The topological polar surface area (TPSA) is 77.2 Å². The number of nitrogens with one attached hydrogen (secondary N) is 1. The average Bonchev–Trinajstić information content (AvgIpc) is 2.76. The highest BCUT2D eigenvalue weighted by atomic mass is 16.5. The molecule has 1 amide bonds. The molecule has 5 heteroatoms. The lowest BCUT2D eigenvalue weighted by molar-refractivity contribution is -0.117. The molecule has 0 radical (unpaired) electrons. The molecule has 0 saturated carbocycles. The second-order valence-electron chi connectivity index (χ2n) is 7.33. The van der Waals surface area contributed by atoms with Gasteiger partial charge in [-0.25, -0.2) is 0 Å². The number of aromatic nitrogens is 1. The zero-order valence-electron chi connectivity index (χ0n) is 17.1. The first-order chi connectivity index (χ1) is 14.1. The fourth-order valence-electron chi connectivity index (χ4n) is 3.21. The molecule has 0 fully saturated rings. The van der Waals surface area contributed by atoms with Crippen molar-refractivity contribution in [3.63, 3.8) is 0 Å². The zero-order valence-corrected chi connectivity index (χ0v) is 17.1. The number of hydrogen-bond donors (Lipinski definition) is 2. The van der Waals surface area contributed by atoms with Gasteiger partial charge in [-0.3, -0.25) is 9.78 Å². The van der Waals surface area contributed by atoms with E-state index < -0.39 is 0 Å². The van der Waals surface area contributed by atoms with Crippen molar-refractivity contribution in [2.24, 2.45) is 5.73 Å². The van der Waals surface area contributed by atoms with Crippen molar-refractivity contribution in [3.8, 4) is 0 Å². The minimum atomic E-state index is -0.294. The van der Waals surface area contributed by atoms with Crippen LogP contribution >= 0.6 is 0 Å². The molecule has 3 N–H and O–H groups in total. The summed E-state index contributed by atoms with van der Waals surface area (Å²) in [4.78, 5) is 17.1. The molecule has 0 bridgehead atoms. The molecule has 0 aliphatic rings. The molecule has 29 heavy (non-hydrogen) atoms. The Kier molecular flexibility index (Phi) is 7.33. The van der Waals surface area contributed by atoms with Crippen molar-refractivity contribution < 1.29 is 9.53 Å². The number of carbonyl (C=O) groups excluding carboxylic acids is 1. The number of hydrogen-bond acceptors (Lipinski definition) is 4. The van der Waals surface area contributed by atoms with E-state index in [2.05, 4.69) is 24.1 Å². The van der Waals surface area contributed by atoms with E-state index in [4.69, 9.17) is 10.5 Å². The number of rotatable bonds is 9. The van der Waals surface area contributed by atoms with Crippen molar-refractivity contribution >= 4 is 22.4 Å². The van der Waals surface area contributed by atoms with Crippen LogP contribution in [0.15, 0.2) is 60.9 Å². The van der Waals surface area contributed by atoms with Crippen LogP contribution in [0.25, 0.3) is 10.8 Å². The molecule has 2 aromatic carbocycles. The predicted molar refractivity (Wildman–Crippen MR) is 118 cm³/mol. The number of anilines is 1. The normalized spacial score (nSPS) is 13.2. The van der Waals surface area contributed by atoms with Gasteiger partial charge in [0.05, 0.1) is 18.6 Å². The van der Waals surface area contributed by atoms with Crippen LogP contribution < -0.4 is 11.1 Å². The molecule has 152 valence electrons. The third-order valence-electron chi connectivity index (χ3n) is 5.17. The minimum Gasteiger partial charge on any atom is -0.374 e. The molecule has 1 heterocycles. The van der Waals surface area contributed by atoms with E-state index in [0.717, 1.165) is 34.0 Å². The quantitative estimate of drug-likeness (QED) is 0.558. The van der Waals surface area contributed by atoms with Crippen LogP contribution in [-0.4, -0.2) is 23.5 Å². The first-order valence-electron chi connectivity index (χ1n) is 10.2. The number of fused-ring (bicyclic) bond motifs is 1. The van der Waals surface area contributed by atoms with E-state index in [1.165, 1.54) is 0 Å². The Labute approximate surface area is 172 Å². The van der Waals surface area contributed by atoms with Gasteiger partial charge in [-0.15, -0.1) is 0 Å². The number of pyridine rings is 1. The van der Waals surface area contributed by atoms with Crippen LogP contribution in [0.3, 0.4) is 0 Å². The second-order valence-corrected chi connectivity index (χ2v) is 7.33. The lowest BCUT2D eigenvalue weighted by Gasteiger charge is -2.18. The summed E-state index contributed by atoms with van der Waals surface area (Å²) < 4.78 is 5.78. The fraction of sp³-hybridized carbons (Fsp3) is 0.333. The SMILES string of the molecule is CCC(C)OCc1ccc([C@@H](CCN)C(=O)Nc2ccc3cnccc3c2)cc1. The second kappa shape index (κ2) is 10.1. The Morgan fingerprint density at radius 3 is 2.66 bits per heavy atom. The smallest absolute Gasteiger partial charge is 0.231 e. The summed E-state index contributed by atoms with van der Waals surface area (Å²) in [5, 5.41) is 5.12. The maximum atomic E-state index is 13.0. The number of ether oxygens (including phenoxy) is 1. The number of carbonyl (C=O) groups is 1. The molecule has 3 aromatic rings. The number of benzene rings is 2. The molecular formula is C24H29N3O2. The highest BCUT2D eigenvalue weighted by molar-refractivity contribution is 5.97. The molecule has 5 nitrogen and oxygen atoms in total. The van der Waals surface area contributed by atoms with Crippen molar-refractivity contribution in [1.29, 1.82) is 0 Å². The lowest BCUT2D eigenvalue weighted by Crippen LogP contribution is -2.23. The summed E-state index contributed by atoms with van der Waals surface area (Å²) in [6.07, 6.45) is 5.37. The molecule has 0 aliphatic carbocycles. The average molecular weight is 392 g/mol. The van der Waals surface area contributed by atoms with Gasteiger partial charge in [0.1, 0.15) is 0 Å². The largest absolute Gasteiger partial charge is 0.374 e. The fourth-order valence-corrected chi connectivity index (χ4v) is 3.21. The number of amides is 1. The van der Waals surface area contributed by atoms with Gasteiger partial charge in [0.15, 0.2) is 0 Å². The number of nitrogens with two attached hydrogens (primary N) is 1. The van der Waals surface area contributed by atoms with Crippen LogP contribution in [0.4, 0.5) is 5.69 Å². The number of nitrogens with zero attached hydrogens (tertiary/aromatic N) is 1. The molecule has 1 aromatic heterocycles. The molecule has 1 unspecified atom stereocenters. The van der Waals surface area contributed by atoms with Crippen LogP contribution in [-0.2, 0) is 16.1 Å².